The van der Waals surface area contributed by atoms with E-state index in [4.69, 9.17) is 10.5 Å². The van der Waals surface area contributed by atoms with Crippen LogP contribution in [0.15, 0.2) is 24.3 Å². The summed E-state index contributed by atoms with van der Waals surface area (Å²) in [6.45, 7) is 2.25. The first-order chi connectivity index (χ1) is 8.15. The predicted octanol–water partition coefficient (Wildman–Crippen LogP) is 0.809. The number of tetrazole rings is 1. The second kappa shape index (κ2) is 4.92. The second-order valence-electron chi connectivity index (χ2n) is 3.84. The molecule has 17 heavy (non-hydrogen) atoms. The SMILES string of the molecule is C[C@H](N)c1ccc(OCc2nnn(C)n2)cc1. The summed E-state index contributed by atoms with van der Waals surface area (Å²) in [4.78, 5) is 1.40. The lowest BCUT2D eigenvalue weighted by Gasteiger charge is -2.07. The molecule has 0 unspecified atom stereocenters. The van der Waals surface area contributed by atoms with E-state index >= 15 is 0 Å². The Morgan fingerprint density at radius 3 is 2.59 bits per heavy atom. The van der Waals surface area contributed by atoms with E-state index in [2.05, 4.69) is 15.4 Å². The van der Waals surface area contributed by atoms with Crippen molar-refractivity contribution in [3.8, 4) is 5.75 Å². The lowest BCUT2D eigenvalue weighted by Crippen LogP contribution is -2.04. The molecule has 0 spiro atoms. The van der Waals surface area contributed by atoms with Crippen LogP contribution in [0, 0.1) is 0 Å². The van der Waals surface area contributed by atoms with Gasteiger partial charge in [0.2, 0.25) is 5.82 Å². The third-order valence-corrected chi connectivity index (χ3v) is 2.32. The van der Waals surface area contributed by atoms with Crippen LogP contribution in [0.3, 0.4) is 0 Å². The lowest BCUT2D eigenvalue weighted by molar-refractivity contribution is 0.295. The van der Waals surface area contributed by atoms with Gasteiger partial charge in [-0.15, -0.1) is 10.2 Å². The summed E-state index contributed by atoms with van der Waals surface area (Å²) >= 11 is 0. The number of nitrogens with two attached hydrogens (primary N) is 1. The molecule has 0 saturated heterocycles. The largest absolute Gasteiger partial charge is 0.485 e. The number of nitrogens with zero attached hydrogens (tertiary/aromatic N) is 4. The summed E-state index contributed by atoms with van der Waals surface area (Å²) in [7, 11) is 1.72. The van der Waals surface area contributed by atoms with Crippen LogP contribution in [0.25, 0.3) is 0 Å². The van der Waals surface area contributed by atoms with Gasteiger partial charge in [0.25, 0.3) is 0 Å². The summed E-state index contributed by atoms with van der Waals surface area (Å²) in [5.74, 6) is 1.32. The maximum Gasteiger partial charge on any atom is 0.212 e. The van der Waals surface area contributed by atoms with Gasteiger partial charge in [0.05, 0.1) is 7.05 Å². The zero-order valence-corrected chi connectivity index (χ0v) is 9.87. The molecule has 6 nitrogen and oxygen atoms in total. The van der Waals surface area contributed by atoms with Gasteiger partial charge in [-0.05, 0) is 29.8 Å². The Morgan fingerprint density at radius 1 is 1.35 bits per heavy atom. The summed E-state index contributed by atoms with van der Waals surface area (Å²) in [5, 5.41) is 11.6. The van der Waals surface area contributed by atoms with Gasteiger partial charge in [-0.25, -0.2) is 0 Å². The highest BCUT2D eigenvalue weighted by Gasteiger charge is 2.03. The Bertz CT molecular complexity index is 477. The first-order valence-electron chi connectivity index (χ1n) is 5.36. The molecular weight excluding hydrogens is 218 g/mol. The van der Waals surface area contributed by atoms with Crippen molar-refractivity contribution in [1.82, 2.24) is 20.2 Å². The monoisotopic (exact) mass is 233 g/mol. The smallest absolute Gasteiger partial charge is 0.212 e. The molecular formula is C11H15N5O. The maximum absolute atomic E-state index is 5.76. The molecule has 0 fully saturated rings. The zero-order valence-electron chi connectivity index (χ0n) is 9.87. The van der Waals surface area contributed by atoms with Crippen molar-refractivity contribution in [2.75, 3.05) is 0 Å². The van der Waals surface area contributed by atoms with Gasteiger partial charge in [0.15, 0.2) is 6.61 Å². The van der Waals surface area contributed by atoms with E-state index in [-0.39, 0.29) is 6.04 Å². The molecule has 0 aliphatic heterocycles. The third kappa shape index (κ3) is 3.01. The van der Waals surface area contributed by atoms with Crippen LogP contribution in [0.4, 0.5) is 0 Å². The number of ether oxygens (including phenoxy) is 1. The van der Waals surface area contributed by atoms with Gasteiger partial charge < -0.3 is 10.5 Å². The van der Waals surface area contributed by atoms with E-state index in [0.717, 1.165) is 11.3 Å². The minimum Gasteiger partial charge on any atom is -0.485 e. The van der Waals surface area contributed by atoms with Crippen LogP contribution < -0.4 is 10.5 Å². The molecule has 0 aliphatic rings. The van der Waals surface area contributed by atoms with Crippen LogP contribution in [-0.4, -0.2) is 20.2 Å². The topological polar surface area (TPSA) is 78.9 Å². The molecule has 1 heterocycles. The van der Waals surface area contributed by atoms with Crippen molar-refractivity contribution < 1.29 is 4.74 Å². The van der Waals surface area contributed by atoms with E-state index in [1.54, 1.807) is 7.05 Å². The molecule has 0 saturated carbocycles. The molecule has 0 bridgehead atoms. The van der Waals surface area contributed by atoms with Gasteiger partial charge in [0.1, 0.15) is 5.75 Å². The number of hydrogen-bond donors (Lipinski definition) is 1. The Labute approximate surface area is 99.4 Å². The van der Waals surface area contributed by atoms with Gasteiger partial charge in [-0.2, -0.15) is 4.80 Å². The van der Waals surface area contributed by atoms with E-state index in [1.807, 2.05) is 31.2 Å². The average molecular weight is 233 g/mol. The number of rotatable bonds is 4. The summed E-state index contributed by atoms with van der Waals surface area (Å²) in [5.41, 5.74) is 6.84. The standard InChI is InChI=1S/C11H15N5O/c1-8(12)9-3-5-10(6-4-9)17-7-11-13-15-16(2)14-11/h3-6,8H,7,12H2,1-2H3/t8-/m0/s1. The molecule has 6 heteroatoms. The van der Waals surface area contributed by atoms with Crippen molar-refractivity contribution in [2.45, 2.75) is 19.6 Å². The minimum absolute atomic E-state index is 0.0331. The third-order valence-electron chi connectivity index (χ3n) is 2.32. The normalized spacial score (nSPS) is 12.4. The van der Waals surface area contributed by atoms with Gasteiger partial charge in [-0.3, -0.25) is 0 Å². The number of hydrogen-bond acceptors (Lipinski definition) is 5. The summed E-state index contributed by atoms with van der Waals surface area (Å²) < 4.78 is 5.52. The highest BCUT2D eigenvalue weighted by molar-refractivity contribution is 5.28. The first kappa shape index (κ1) is 11.5. The van der Waals surface area contributed by atoms with Crippen LogP contribution in [0.5, 0.6) is 5.75 Å². The Hall–Kier alpha value is -1.95. The Balaban J connectivity index is 1.95. The molecule has 1 atom stereocenters. The Kier molecular flexibility index (Phi) is 3.34. The Morgan fingerprint density at radius 2 is 2.06 bits per heavy atom. The fraction of sp³-hybridized carbons (Fsp3) is 0.364. The quantitative estimate of drug-likeness (QED) is 0.845. The van der Waals surface area contributed by atoms with E-state index in [1.165, 1.54) is 4.80 Å². The minimum atomic E-state index is 0.0331. The summed E-state index contributed by atoms with van der Waals surface area (Å²) in [6, 6.07) is 7.70. The number of aryl methyl sites for hydroxylation is 1. The number of aromatic nitrogens is 4. The summed E-state index contributed by atoms with van der Waals surface area (Å²) in [6.07, 6.45) is 0. The van der Waals surface area contributed by atoms with Gasteiger partial charge in [0, 0.05) is 6.04 Å². The molecule has 2 aromatic rings. The maximum atomic E-state index is 5.76. The molecule has 2 N–H and O–H groups in total. The van der Waals surface area contributed by atoms with Gasteiger partial charge >= 0.3 is 0 Å². The van der Waals surface area contributed by atoms with Crippen LogP contribution in [0.1, 0.15) is 24.4 Å². The van der Waals surface area contributed by atoms with Crippen LogP contribution >= 0.6 is 0 Å². The molecule has 90 valence electrons. The van der Waals surface area contributed by atoms with Crippen LogP contribution in [0.2, 0.25) is 0 Å². The van der Waals surface area contributed by atoms with E-state index in [9.17, 15) is 0 Å². The van der Waals surface area contributed by atoms with Crippen molar-refractivity contribution >= 4 is 0 Å². The van der Waals surface area contributed by atoms with Gasteiger partial charge in [-0.1, -0.05) is 12.1 Å². The molecule has 0 amide bonds. The number of benzene rings is 1. The molecule has 1 aromatic carbocycles. The van der Waals surface area contributed by atoms with Crippen molar-refractivity contribution in [2.24, 2.45) is 12.8 Å². The second-order valence-corrected chi connectivity index (χ2v) is 3.84. The van der Waals surface area contributed by atoms with E-state index < -0.39 is 0 Å². The molecule has 1 aromatic heterocycles. The van der Waals surface area contributed by atoms with Crippen LogP contribution in [-0.2, 0) is 13.7 Å². The first-order valence-corrected chi connectivity index (χ1v) is 5.36. The highest BCUT2D eigenvalue weighted by atomic mass is 16.5. The highest BCUT2D eigenvalue weighted by Crippen LogP contribution is 2.16. The fourth-order valence-electron chi connectivity index (χ4n) is 1.40. The predicted molar refractivity (Wildman–Crippen MR) is 62.2 cm³/mol. The van der Waals surface area contributed by atoms with Crippen molar-refractivity contribution in [1.29, 1.82) is 0 Å². The molecule has 2 rings (SSSR count). The molecule has 0 aliphatic carbocycles. The zero-order chi connectivity index (χ0) is 12.3. The van der Waals surface area contributed by atoms with E-state index in [0.29, 0.717) is 12.4 Å². The fourth-order valence-corrected chi connectivity index (χ4v) is 1.40. The molecule has 0 radical (unpaired) electrons. The average Bonchev–Trinajstić information content (AvgIpc) is 2.73. The van der Waals surface area contributed by atoms with Crippen molar-refractivity contribution in [3.05, 3.63) is 35.7 Å². The lowest BCUT2D eigenvalue weighted by atomic mass is 10.1. The van der Waals surface area contributed by atoms with Crippen molar-refractivity contribution in [3.63, 3.8) is 0 Å².